The van der Waals surface area contributed by atoms with Crippen LogP contribution in [-0.2, 0) is 4.74 Å². The highest BCUT2D eigenvalue weighted by molar-refractivity contribution is 4.86. The average Bonchev–Trinajstić information content (AvgIpc) is 2.61. The minimum atomic E-state index is -4.52. The highest BCUT2D eigenvalue weighted by atomic mass is 19.4. The number of halogens is 3. The van der Waals surface area contributed by atoms with Crippen molar-refractivity contribution < 1.29 is 17.9 Å². The molecule has 0 bridgehead atoms. The fraction of sp³-hybridized carbons (Fsp3) is 1.00. The fourth-order valence-corrected chi connectivity index (χ4v) is 3.60. The quantitative estimate of drug-likeness (QED) is 0.863. The Morgan fingerprint density at radius 1 is 1.14 bits per heavy atom. The van der Waals surface area contributed by atoms with Crippen molar-refractivity contribution in [3.8, 4) is 0 Å². The van der Waals surface area contributed by atoms with E-state index in [-0.39, 0.29) is 6.61 Å². The van der Waals surface area contributed by atoms with Crippen LogP contribution < -0.4 is 5.32 Å². The minimum Gasteiger partial charge on any atom is -0.312 e. The van der Waals surface area contributed by atoms with Crippen molar-refractivity contribution in [3.63, 3.8) is 0 Å². The van der Waals surface area contributed by atoms with Gasteiger partial charge in [-0.05, 0) is 38.6 Å². The van der Waals surface area contributed by atoms with Crippen LogP contribution in [0.25, 0.3) is 0 Å². The van der Waals surface area contributed by atoms with Crippen LogP contribution in [0.3, 0.4) is 0 Å². The normalized spacial score (nSPS) is 30.3. The van der Waals surface area contributed by atoms with Crippen molar-refractivity contribution in [1.82, 2.24) is 10.2 Å². The topological polar surface area (TPSA) is 24.5 Å². The molecule has 1 saturated carbocycles. The number of nitrogens with zero attached hydrogens (tertiary/aromatic N) is 1. The van der Waals surface area contributed by atoms with Crippen molar-refractivity contribution in [2.24, 2.45) is 5.92 Å². The molecular weight excluding hydrogens is 281 g/mol. The smallest absolute Gasteiger partial charge is 0.312 e. The molecule has 0 aromatic carbocycles. The first-order chi connectivity index (χ1) is 9.96. The van der Waals surface area contributed by atoms with E-state index in [0.29, 0.717) is 24.5 Å². The lowest BCUT2D eigenvalue weighted by atomic mass is 9.83. The Labute approximate surface area is 125 Å². The average molecular weight is 308 g/mol. The third-order valence-electron chi connectivity index (χ3n) is 4.89. The van der Waals surface area contributed by atoms with E-state index in [0.717, 1.165) is 19.5 Å². The van der Waals surface area contributed by atoms with Gasteiger partial charge >= 0.3 is 6.36 Å². The second-order valence-corrected chi connectivity index (χ2v) is 6.39. The largest absolute Gasteiger partial charge is 0.522 e. The number of rotatable bonds is 4. The zero-order valence-corrected chi connectivity index (χ0v) is 12.8. The van der Waals surface area contributed by atoms with Crippen molar-refractivity contribution in [1.29, 1.82) is 0 Å². The fourth-order valence-electron chi connectivity index (χ4n) is 3.60. The van der Waals surface area contributed by atoms with Crippen LogP contribution in [0, 0.1) is 5.92 Å². The monoisotopic (exact) mass is 308 g/mol. The molecule has 2 fully saturated rings. The minimum absolute atomic E-state index is 0.273. The molecule has 2 atom stereocenters. The predicted octanol–water partition coefficient (Wildman–Crippen LogP) is 3.16. The molecule has 1 heterocycles. The number of alkyl halides is 3. The van der Waals surface area contributed by atoms with E-state index in [2.05, 4.69) is 21.9 Å². The Balaban J connectivity index is 1.85. The highest BCUT2D eigenvalue weighted by Gasteiger charge is 2.31. The Kier molecular flexibility index (Phi) is 6.32. The van der Waals surface area contributed by atoms with Gasteiger partial charge in [0.05, 0.1) is 6.61 Å². The van der Waals surface area contributed by atoms with E-state index in [1.54, 1.807) is 0 Å². The summed E-state index contributed by atoms with van der Waals surface area (Å²) in [6.07, 6.45) is 2.86. The molecule has 3 nitrogen and oxygen atoms in total. The lowest BCUT2D eigenvalue weighted by Crippen LogP contribution is -2.46. The molecule has 0 amide bonds. The second-order valence-electron chi connectivity index (χ2n) is 6.39. The molecule has 0 aromatic rings. The summed E-state index contributed by atoms with van der Waals surface area (Å²) in [5.41, 5.74) is 0. The summed E-state index contributed by atoms with van der Waals surface area (Å²) in [6.45, 7) is 3.97. The van der Waals surface area contributed by atoms with Crippen molar-refractivity contribution in [2.75, 3.05) is 26.2 Å². The highest BCUT2D eigenvalue weighted by Crippen LogP contribution is 2.28. The molecule has 1 saturated heterocycles. The Morgan fingerprint density at radius 3 is 2.52 bits per heavy atom. The molecule has 0 spiro atoms. The van der Waals surface area contributed by atoms with E-state index < -0.39 is 6.36 Å². The summed E-state index contributed by atoms with van der Waals surface area (Å²) in [5, 5.41) is 3.61. The summed E-state index contributed by atoms with van der Waals surface area (Å²) in [6, 6.07) is 0.726. The predicted molar refractivity (Wildman–Crippen MR) is 76.0 cm³/mol. The first-order valence-corrected chi connectivity index (χ1v) is 8.14. The van der Waals surface area contributed by atoms with Gasteiger partial charge in [-0.2, -0.15) is 0 Å². The van der Waals surface area contributed by atoms with Crippen molar-refractivity contribution in [3.05, 3.63) is 0 Å². The van der Waals surface area contributed by atoms with Crippen LogP contribution in [0.1, 0.15) is 45.4 Å². The number of nitrogens with one attached hydrogen (secondary N) is 1. The van der Waals surface area contributed by atoms with Gasteiger partial charge in [-0.3, -0.25) is 9.64 Å². The van der Waals surface area contributed by atoms with Crippen LogP contribution >= 0.6 is 0 Å². The number of hydrogen-bond donors (Lipinski definition) is 1. The van der Waals surface area contributed by atoms with Gasteiger partial charge in [-0.15, -0.1) is 13.2 Å². The Morgan fingerprint density at radius 2 is 1.86 bits per heavy atom. The van der Waals surface area contributed by atoms with Crippen molar-refractivity contribution in [2.45, 2.75) is 63.9 Å². The summed E-state index contributed by atoms with van der Waals surface area (Å²) >= 11 is 0. The molecule has 2 rings (SSSR count). The summed E-state index contributed by atoms with van der Waals surface area (Å²) in [7, 11) is 0. The summed E-state index contributed by atoms with van der Waals surface area (Å²) in [4.78, 5) is 2.16. The molecule has 1 aliphatic heterocycles. The molecule has 6 heteroatoms. The van der Waals surface area contributed by atoms with E-state index >= 15 is 0 Å². The number of ether oxygens (including phenoxy) is 1. The van der Waals surface area contributed by atoms with Gasteiger partial charge < -0.3 is 5.32 Å². The lowest BCUT2D eigenvalue weighted by Gasteiger charge is -2.34. The van der Waals surface area contributed by atoms with Gasteiger partial charge in [0, 0.05) is 25.2 Å². The van der Waals surface area contributed by atoms with E-state index in [1.807, 2.05) is 0 Å². The van der Waals surface area contributed by atoms with Crippen LogP contribution in [0.4, 0.5) is 13.2 Å². The third-order valence-corrected chi connectivity index (χ3v) is 4.89. The first kappa shape index (κ1) is 17.0. The standard InChI is InChI=1S/C15H27F3N2O/c1-12-7-8-19-14(13-5-3-2-4-6-13)11-20(12)9-10-21-15(16,17)18/h12-14,19H,2-11H2,1H3. The zero-order chi connectivity index (χ0) is 15.3. The maximum atomic E-state index is 12.1. The third kappa shape index (κ3) is 5.75. The van der Waals surface area contributed by atoms with Crippen LogP contribution in [0.15, 0.2) is 0 Å². The van der Waals surface area contributed by atoms with Gasteiger partial charge in [-0.1, -0.05) is 19.3 Å². The molecule has 2 unspecified atom stereocenters. The molecule has 124 valence electrons. The van der Waals surface area contributed by atoms with Gasteiger partial charge in [0.1, 0.15) is 0 Å². The van der Waals surface area contributed by atoms with E-state index in [1.165, 1.54) is 32.1 Å². The molecular formula is C15H27F3N2O. The van der Waals surface area contributed by atoms with Gasteiger partial charge in [0.2, 0.25) is 0 Å². The second kappa shape index (κ2) is 7.79. The van der Waals surface area contributed by atoms with Crippen LogP contribution in [0.5, 0.6) is 0 Å². The molecule has 1 N–H and O–H groups in total. The molecule has 0 radical (unpaired) electrons. The maximum absolute atomic E-state index is 12.1. The summed E-state index contributed by atoms with van der Waals surface area (Å²) in [5.74, 6) is 0.676. The van der Waals surface area contributed by atoms with E-state index in [9.17, 15) is 13.2 Å². The van der Waals surface area contributed by atoms with Crippen molar-refractivity contribution >= 4 is 0 Å². The SMILES string of the molecule is CC1CCNC(C2CCCCC2)CN1CCOC(F)(F)F. The van der Waals surface area contributed by atoms with E-state index in [4.69, 9.17) is 0 Å². The Bertz CT molecular complexity index is 306. The lowest BCUT2D eigenvalue weighted by molar-refractivity contribution is -0.325. The molecule has 2 aliphatic rings. The number of hydrogen-bond acceptors (Lipinski definition) is 3. The first-order valence-electron chi connectivity index (χ1n) is 8.14. The van der Waals surface area contributed by atoms with Gasteiger partial charge in [-0.25, -0.2) is 0 Å². The maximum Gasteiger partial charge on any atom is 0.522 e. The van der Waals surface area contributed by atoms with Gasteiger partial charge in [0.15, 0.2) is 0 Å². The molecule has 1 aliphatic carbocycles. The zero-order valence-electron chi connectivity index (χ0n) is 12.8. The molecule has 0 aromatic heterocycles. The van der Waals surface area contributed by atoms with Crippen LogP contribution in [-0.4, -0.2) is 49.6 Å². The molecule has 21 heavy (non-hydrogen) atoms. The Hall–Kier alpha value is -0.330. The van der Waals surface area contributed by atoms with Gasteiger partial charge in [0.25, 0.3) is 0 Å². The van der Waals surface area contributed by atoms with Crippen LogP contribution in [0.2, 0.25) is 0 Å². The summed E-state index contributed by atoms with van der Waals surface area (Å²) < 4.78 is 40.2.